The van der Waals surface area contributed by atoms with Gasteiger partial charge in [0.25, 0.3) is 0 Å². The van der Waals surface area contributed by atoms with Crippen molar-refractivity contribution in [2.45, 2.75) is 41.5 Å². The molecule has 4 nitrogen and oxygen atoms in total. The molecule has 38 heavy (non-hydrogen) atoms. The molecule has 0 bridgehead atoms. The van der Waals surface area contributed by atoms with Crippen molar-refractivity contribution in [1.29, 1.82) is 0 Å². The molecule has 197 valence electrons. The number of benzene rings is 3. The van der Waals surface area contributed by atoms with Gasteiger partial charge in [-0.3, -0.25) is 4.79 Å². The van der Waals surface area contributed by atoms with Crippen LogP contribution in [0.5, 0.6) is 0 Å². The molecule has 0 atom stereocenters. The standard InChI is InChI=1S/C21H10NOS.C11H20O2.Ir/c1-2-5-13-12(4-1)8-9-14-20-19-16(10-11-22-20)23-15-6-3-7-17(18(15)19)24-21(13)14;1-10(2,3)8(12)7-9(13)11(4,5)6;/h1-8,10-11H;7,12H,1-6H3;/q-1;;/b;8-7-;. The maximum atomic E-state index is 11.5. The molecule has 0 unspecified atom stereocenters. The first kappa shape index (κ1) is 28.0. The van der Waals surface area contributed by atoms with E-state index in [-0.39, 0.29) is 37.1 Å². The van der Waals surface area contributed by atoms with Gasteiger partial charge < -0.3 is 14.5 Å². The third-order valence-electron chi connectivity index (χ3n) is 6.40. The van der Waals surface area contributed by atoms with Crippen LogP contribution in [0.15, 0.2) is 77.0 Å². The van der Waals surface area contributed by atoms with E-state index < -0.39 is 5.41 Å². The number of fused-ring (bicyclic) bond motifs is 4. The van der Waals surface area contributed by atoms with Crippen molar-refractivity contribution < 1.29 is 34.4 Å². The predicted molar refractivity (Wildman–Crippen MR) is 155 cm³/mol. The third-order valence-corrected chi connectivity index (χ3v) is 7.59. The number of nitrogens with zero attached hydrogens (tertiary/aromatic N) is 1. The van der Waals surface area contributed by atoms with Crippen LogP contribution in [0.2, 0.25) is 0 Å². The average Bonchev–Trinajstić information content (AvgIpc) is 3.15. The summed E-state index contributed by atoms with van der Waals surface area (Å²) >= 11 is 1.79. The van der Waals surface area contributed by atoms with Gasteiger partial charge in [0.1, 0.15) is 16.9 Å². The molecule has 0 amide bonds. The van der Waals surface area contributed by atoms with Crippen molar-refractivity contribution in [1.82, 2.24) is 4.98 Å². The van der Waals surface area contributed by atoms with Crippen molar-refractivity contribution in [2.24, 2.45) is 10.8 Å². The zero-order valence-corrected chi connectivity index (χ0v) is 25.5. The summed E-state index contributed by atoms with van der Waals surface area (Å²) in [6.45, 7) is 11.1. The molecule has 0 saturated carbocycles. The summed E-state index contributed by atoms with van der Waals surface area (Å²) in [5, 5.41) is 15.3. The van der Waals surface area contributed by atoms with Gasteiger partial charge in [-0.15, -0.1) is 17.5 Å². The molecule has 0 spiro atoms. The largest absolute Gasteiger partial charge is 0.512 e. The SMILES string of the molecule is CC(C)(C)C(=O)/C=C(\O)C(C)(C)C.[Ir].[c-]1cc2ccccc2c2sc3cccc4oc5ccnc(c12)c5c43. The summed E-state index contributed by atoms with van der Waals surface area (Å²) in [6.07, 6.45) is 3.16. The molecular weight excluding hydrogens is 671 g/mol. The average molecular weight is 701 g/mol. The fourth-order valence-electron chi connectivity index (χ4n) is 4.14. The van der Waals surface area contributed by atoms with Gasteiger partial charge in [-0.1, -0.05) is 82.6 Å². The van der Waals surface area contributed by atoms with E-state index in [0.717, 1.165) is 32.8 Å². The molecule has 0 aliphatic rings. The van der Waals surface area contributed by atoms with Gasteiger partial charge in [0, 0.05) is 64.2 Å². The monoisotopic (exact) mass is 701 g/mol. The van der Waals surface area contributed by atoms with Gasteiger partial charge in [-0.2, -0.15) is 11.3 Å². The van der Waals surface area contributed by atoms with Crippen LogP contribution >= 0.6 is 11.3 Å². The van der Waals surface area contributed by atoms with Crippen LogP contribution < -0.4 is 0 Å². The second-order valence-electron chi connectivity index (χ2n) is 11.3. The van der Waals surface area contributed by atoms with E-state index >= 15 is 0 Å². The Morgan fingerprint density at radius 3 is 2.37 bits per heavy atom. The number of carbonyl (C=O) groups excluding carboxylic acids is 1. The van der Waals surface area contributed by atoms with E-state index in [9.17, 15) is 9.90 Å². The zero-order valence-electron chi connectivity index (χ0n) is 22.3. The molecule has 0 fully saturated rings. The number of hydrogen-bond acceptors (Lipinski definition) is 5. The number of ketones is 1. The Hall–Kier alpha value is -3.05. The normalized spacial score (nSPS) is 12.6. The molecule has 3 aromatic heterocycles. The van der Waals surface area contributed by atoms with E-state index in [1.165, 1.54) is 26.2 Å². The number of pyridine rings is 1. The molecule has 6 rings (SSSR count). The van der Waals surface area contributed by atoms with Crippen molar-refractivity contribution in [3.63, 3.8) is 0 Å². The Labute approximate surface area is 239 Å². The van der Waals surface area contributed by atoms with E-state index in [1.54, 1.807) is 11.3 Å². The Morgan fingerprint density at radius 2 is 1.66 bits per heavy atom. The minimum absolute atomic E-state index is 0. The fourth-order valence-corrected chi connectivity index (χ4v) is 5.36. The summed E-state index contributed by atoms with van der Waals surface area (Å²) in [4.78, 5) is 16.2. The van der Waals surface area contributed by atoms with E-state index in [1.807, 2.05) is 59.9 Å². The molecule has 1 radical (unpaired) electrons. The van der Waals surface area contributed by atoms with Crippen LogP contribution in [0.1, 0.15) is 41.5 Å². The first-order valence-corrected chi connectivity index (χ1v) is 13.1. The van der Waals surface area contributed by atoms with Gasteiger partial charge in [-0.25, -0.2) is 0 Å². The molecule has 6 heteroatoms. The Balaban J connectivity index is 0.000000209. The van der Waals surface area contributed by atoms with Gasteiger partial charge >= 0.3 is 0 Å². The van der Waals surface area contributed by atoms with Crippen LogP contribution in [0, 0.1) is 16.9 Å². The number of allylic oxidation sites excluding steroid dienone is 2. The molecule has 0 aliphatic carbocycles. The quantitative estimate of drug-likeness (QED) is 0.106. The van der Waals surface area contributed by atoms with Crippen molar-refractivity contribution in [3.05, 3.63) is 78.7 Å². The number of hydrogen-bond donors (Lipinski definition) is 1. The molecule has 0 aliphatic heterocycles. The van der Waals surface area contributed by atoms with Crippen LogP contribution in [-0.2, 0) is 24.9 Å². The summed E-state index contributed by atoms with van der Waals surface area (Å²) < 4.78 is 8.48. The number of aromatic nitrogens is 1. The number of carbonyl (C=O) groups is 1. The molecule has 3 heterocycles. The number of furan rings is 1. The van der Waals surface area contributed by atoms with Crippen molar-refractivity contribution in [3.8, 4) is 0 Å². The number of aliphatic hydroxyl groups excluding tert-OH is 1. The van der Waals surface area contributed by atoms with Gasteiger partial charge in [0.05, 0.1) is 0 Å². The first-order valence-electron chi connectivity index (χ1n) is 12.3. The van der Waals surface area contributed by atoms with Gasteiger partial charge in [-0.05, 0) is 22.9 Å². The predicted octanol–water partition coefficient (Wildman–Crippen LogP) is 9.39. The fraction of sp³-hybridized carbons (Fsp3) is 0.250. The summed E-state index contributed by atoms with van der Waals surface area (Å²) in [6, 6.07) is 22.2. The van der Waals surface area contributed by atoms with Crippen LogP contribution in [0.4, 0.5) is 0 Å². The molecule has 0 saturated heterocycles. The van der Waals surface area contributed by atoms with Crippen LogP contribution in [-0.4, -0.2) is 15.9 Å². The van der Waals surface area contributed by atoms with E-state index in [2.05, 4.69) is 48.5 Å². The second-order valence-corrected chi connectivity index (χ2v) is 12.4. The number of aliphatic hydroxyl groups is 1. The summed E-state index contributed by atoms with van der Waals surface area (Å²) in [5.41, 5.74) is 2.00. The maximum absolute atomic E-state index is 11.5. The molecular formula is C32H30IrNO3S-. The smallest absolute Gasteiger partial charge is 0.164 e. The molecule has 3 aromatic carbocycles. The topological polar surface area (TPSA) is 63.3 Å². The Kier molecular flexibility index (Phi) is 7.55. The van der Waals surface area contributed by atoms with E-state index in [0.29, 0.717) is 0 Å². The minimum atomic E-state index is -0.417. The van der Waals surface area contributed by atoms with Crippen LogP contribution in [0.25, 0.3) is 53.0 Å². The second kappa shape index (κ2) is 10.3. The third kappa shape index (κ3) is 5.13. The molecule has 1 N–H and O–H groups in total. The zero-order chi connectivity index (χ0) is 26.5. The number of rotatable bonds is 1. The van der Waals surface area contributed by atoms with Gasteiger partial charge in [0.15, 0.2) is 5.78 Å². The maximum Gasteiger partial charge on any atom is 0.164 e. The van der Waals surface area contributed by atoms with Gasteiger partial charge in [0.2, 0.25) is 0 Å². The first-order chi connectivity index (χ1) is 17.4. The van der Waals surface area contributed by atoms with Crippen molar-refractivity contribution >= 4 is 70.1 Å². The van der Waals surface area contributed by atoms with Crippen LogP contribution in [0.3, 0.4) is 0 Å². The minimum Gasteiger partial charge on any atom is -0.512 e. The Bertz CT molecular complexity index is 1830. The Morgan fingerprint density at radius 1 is 0.947 bits per heavy atom. The molecule has 6 aromatic rings. The summed E-state index contributed by atoms with van der Waals surface area (Å²) in [5.74, 6) is 0.104. The van der Waals surface area contributed by atoms with Crippen molar-refractivity contribution in [2.75, 3.05) is 0 Å². The van der Waals surface area contributed by atoms with E-state index in [4.69, 9.17) is 9.40 Å². The summed E-state index contributed by atoms with van der Waals surface area (Å²) in [7, 11) is 0.